The molecule has 0 bridgehead atoms. The Morgan fingerprint density at radius 3 is 2.67 bits per heavy atom. The van der Waals surface area contributed by atoms with Crippen LogP contribution in [-0.2, 0) is 9.53 Å². The molecule has 0 aliphatic rings. The van der Waals surface area contributed by atoms with Gasteiger partial charge in [-0.2, -0.15) is 0 Å². The monoisotopic (exact) mass is 173 g/mol. The van der Waals surface area contributed by atoms with Gasteiger partial charge in [0.2, 0.25) is 0 Å². The van der Waals surface area contributed by atoms with Crippen LogP contribution in [0.5, 0.6) is 0 Å². The minimum atomic E-state index is -0.115. The summed E-state index contributed by atoms with van der Waals surface area (Å²) in [4.78, 5) is 10.7. The standard InChI is InChI=1S/C9H19NO2/c1-8(7-10)5-3-4-6-9(11)12-2/h8H,3-7,10H2,1-2H3/t8-/m0/s1. The lowest BCUT2D eigenvalue weighted by Crippen LogP contribution is -2.10. The summed E-state index contributed by atoms with van der Waals surface area (Å²) in [5.74, 6) is 0.457. The first kappa shape index (κ1) is 11.4. The SMILES string of the molecule is COC(=O)CCCC[C@H](C)CN. The molecule has 3 heteroatoms. The number of esters is 1. The Morgan fingerprint density at radius 2 is 2.17 bits per heavy atom. The number of hydrogen-bond donors (Lipinski definition) is 1. The van der Waals surface area contributed by atoms with E-state index in [1.54, 1.807) is 0 Å². The summed E-state index contributed by atoms with van der Waals surface area (Å²) in [6.45, 7) is 2.86. The zero-order chi connectivity index (χ0) is 9.40. The second-order valence-corrected chi connectivity index (χ2v) is 3.16. The molecule has 0 saturated heterocycles. The van der Waals surface area contributed by atoms with Gasteiger partial charge in [0.05, 0.1) is 7.11 Å². The lowest BCUT2D eigenvalue weighted by molar-refractivity contribution is -0.140. The molecule has 0 aromatic carbocycles. The van der Waals surface area contributed by atoms with Gasteiger partial charge in [0.15, 0.2) is 0 Å². The van der Waals surface area contributed by atoms with Crippen molar-refractivity contribution >= 4 is 5.97 Å². The Kier molecular flexibility index (Phi) is 6.76. The van der Waals surface area contributed by atoms with Crippen LogP contribution in [0.2, 0.25) is 0 Å². The van der Waals surface area contributed by atoms with Crippen LogP contribution < -0.4 is 5.73 Å². The van der Waals surface area contributed by atoms with Crippen molar-refractivity contribution in [3.63, 3.8) is 0 Å². The van der Waals surface area contributed by atoms with Gasteiger partial charge >= 0.3 is 5.97 Å². The van der Waals surface area contributed by atoms with Crippen molar-refractivity contribution in [2.24, 2.45) is 11.7 Å². The van der Waals surface area contributed by atoms with E-state index in [9.17, 15) is 4.79 Å². The fourth-order valence-corrected chi connectivity index (χ4v) is 0.982. The number of ether oxygens (including phenoxy) is 1. The predicted molar refractivity (Wildman–Crippen MR) is 48.7 cm³/mol. The Bertz CT molecular complexity index is 126. The van der Waals surface area contributed by atoms with Crippen molar-refractivity contribution in [2.75, 3.05) is 13.7 Å². The Balaban J connectivity index is 3.15. The molecule has 3 nitrogen and oxygen atoms in total. The summed E-state index contributed by atoms with van der Waals surface area (Å²) >= 11 is 0. The molecule has 0 aromatic heterocycles. The number of unbranched alkanes of at least 4 members (excludes halogenated alkanes) is 1. The van der Waals surface area contributed by atoms with Gasteiger partial charge in [-0.05, 0) is 25.3 Å². The average molecular weight is 173 g/mol. The highest BCUT2D eigenvalue weighted by Crippen LogP contribution is 2.07. The molecule has 0 fully saturated rings. The van der Waals surface area contributed by atoms with E-state index in [4.69, 9.17) is 5.73 Å². The smallest absolute Gasteiger partial charge is 0.305 e. The molecule has 0 spiro atoms. The van der Waals surface area contributed by atoms with E-state index in [0.717, 1.165) is 25.8 Å². The molecular weight excluding hydrogens is 154 g/mol. The highest BCUT2D eigenvalue weighted by Gasteiger charge is 2.01. The first-order chi connectivity index (χ1) is 5.70. The van der Waals surface area contributed by atoms with Gasteiger partial charge in [-0.25, -0.2) is 0 Å². The van der Waals surface area contributed by atoms with Crippen molar-refractivity contribution in [1.82, 2.24) is 0 Å². The molecule has 0 aromatic rings. The molecule has 1 atom stereocenters. The van der Waals surface area contributed by atoms with E-state index in [1.165, 1.54) is 7.11 Å². The maximum Gasteiger partial charge on any atom is 0.305 e. The van der Waals surface area contributed by atoms with Gasteiger partial charge in [-0.3, -0.25) is 4.79 Å². The molecule has 0 saturated carbocycles. The minimum Gasteiger partial charge on any atom is -0.469 e. The van der Waals surface area contributed by atoms with Gasteiger partial charge in [-0.1, -0.05) is 13.3 Å². The fourth-order valence-electron chi connectivity index (χ4n) is 0.982. The summed E-state index contributed by atoms with van der Waals surface area (Å²) in [6, 6.07) is 0. The largest absolute Gasteiger partial charge is 0.469 e. The fraction of sp³-hybridized carbons (Fsp3) is 0.889. The van der Waals surface area contributed by atoms with Crippen molar-refractivity contribution < 1.29 is 9.53 Å². The van der Waals surface area contributed by atoms with Crippen LogP contribution in [0.3, 0.4) is 0 Å². The topological polar surface area (TPSA) is 52.3 Å². The van der Waals surface area contributed by atoms with E-state index < -0.39 is 0 Å². The third-order valence-electron chi connectivity index (χ3n) is 1.96. The van der Waals surface area contributed by atoms with Crippen LogP contribution in [0.15, 0.2) is 0 Å². The third-order valence-corrected chi connectivity index (χ3v) is 1.96. The molecule has 2 N–H and O–H groups in total. The predicted octanol–water partition coefficient (Wildman–Crippen LogP) is 1.31. The molecule has 0 rings (SSSR count). The molecule has 0 amide bonds. The van der Waals surface area contributed by atoms with Crippen LogP contribution in [0.1, 0.15) is 32.6 Å². The first-order valence-corrected chi connectivity index (χ1v) is 4.47. The van der Waals surface area contributed by atoms with E-state index >= 15 is 0 Å². The van der Waals surface area contributed by atoms with Crippen LogP contribution in [0, 0.1) is 5.92 Å². The molecule has 0 aliphatic heterocycles. The number of carbonyl (C=O) groups excluding carboxylic acids is 1. The lowest BCUT2D eigenvalue weighted by atomic mass is 10.0. The highest BCUT2D eigenvalue weighted by atomic mass is 16.5. The first-order valence-electron chi connectivity index (χ1n) is 4.47. The Hall–Kier alpha value is -0.570. The van der Waals surface area contributed by atoms with Crippen LogP contribution in [0.4, 0.5) is 0 Å². The highest BCUT2D eigenvalue weighted by molar-refractivity contribution is 5.68. The van der Waals surface area contributed by atoms with Crippen molar-refractivity contribution in [3.05, 3.63) is 0 Å². The third kappa shape index (κ3) is 6.16. The Morgan fingerprint density at radius 1 is 1.50 bits per heavy atom. The average Bonchev–Trinajstić information content (AvgIpc) is 2.11. The maximum absolute atomic E-state index is 10.7. The lowest BCUT2D eigenvalue weighted by Gasteiger charge is -2.06. The van der Waals surface area contributed by atoms with E-state index in [-0.39, 0.29) is 5.97 Å². The number of carbonyl (C=O) groups is 1. The van der Waals surface area contributed by atoms with E-state index in [0.29, 0.717) is 12.3 Å². The van der Waals surface area contributed by atoms with Crippen LogP contribution >= 0.6 is 0 Å². The number of hydrogen-bond acceptors (Lipinski definition) is 3. The van der Waals surface area contributed by atoms with Crippen LogP contribution in [0.25, 0.3) is 0 Å². The van der Waals surface area contributed by atoms with Crippen LogP contribution in [-0.4, -0.2) is 19.6 Å². The molecule has 0 heterocycles. The van der Waals surface area contributed by atoms with Gasteiger partial charge < -0.3 is 10.5 Å². The molecule has 0 radical (unpaired) electrons. The molecule has 0 aliphatic carbocycles. The quantitative estimate of drug-likeness (QED) is 0.487. The zero-order valence-corrected chi connectivity index (χ0v) is 8.01. The van der Waals surface area contributed by atoms with E-state index in [1.807, 2.05) is 0 Å². The number of nitrogens with two attached hydrogens (primary N) is 1. The summed E-state index contributed by atoms with van der Waals surface area (Å²) in [5.41, 5.74) is 5.45. The minimum absolute atomic E-state index is 0.115. The van der Waals surface area contributed by atoms with Crippen molar-refractivity contribution in [3.8, 4) is 0 Å². The number of rotatable bonds is 6. The molecular formula is C9H19NO2. The second-order valence-electron chi connectivity index (χ2n) is 3.16. The maximum atomic E-state index is 10.7. The molecule has 72 valence electrons. The summed E-state index contributed by atoms with van der Waals surface area (Å²) in [5, 5.41) is 0. The van der Waals surface area contributed by atoms with E-state index in [2.05, 4.69) is 11.7 Å². The van der Waals surface area contributed by atoms with Gasteiger partial charge in [0.1, 0.15) is 0 Å². The van der Waals surface area contributed by atoms with Gasteiger partial charge in [-0.15, -0.1) is 0 Å². The van der Waals surface area contributed by atoms with Gasteiger partial charge in [0, 0.05) is 6.42 Å². The van der Waals surface area contributed by atoms with Crippen molar-refractivity contribution in [2.45, 2.75) is 32.6 Å². The van der Waals surface area contributed by atoms with Crippen molar-refractivity contribution in [1.29, 1.82) is 0 Å². The second kappa shape index (κ2) is 7.10. The van der Waals surface area contributed by atoms with Gasteiger partial charge in [0.25, 0.3) is 0 Å². The summed E-state index contributed by atoms with van der Waals surface area (Å²) < 4.78 is 4.52. The summed E-state index contributed by atoms with van der Waals surface area (Å²) in [7, 11) is 1.42. The molecule has 12 heavy (non-hydrogen) atoms. The Labute approximate surface area is 74.3 Å². The molecule has 0 unspecified atom stereocenters. The normalized spacial score (nSPS) is 12.6. The number of methoxy groups -OCH3 is 1. The zero-order valence-electron chi connectivity index (χ0n) is 8.01. The summed E-state index contributed by atoms with van der Waals surface area (Å²) in [6.07, 6.45) is 3.62.